The van der Waals surface area contributed by atoms with E-state index < -0.39 is 0 Å². The quantitative estimate of drug-likeness (QED) is 0.793. The summed E-state index contributed by atoms with van der Waals surface area (Å²) in [7, 11) is 4.06. The van der Waals surface area contributed by atoms with Gasteiger partial charge in [-0.25, -0.2) is 4.98 Å². The van der Waals surface area contributed by atoms with Crippen molar-refractivity contribution in [2.45, 2.75) is 19.4 Å². The van der Waals surface area contributed by atoms with Gasteiger partial charge in [-0.05, 0) is 30.3 Å². The van der Waals surface area contributed by atoms with E-state index in [-0.39, 0.29) is 5.92 Å². The van der Waals surface area contributed by atoms with Crippen molar-refractivity contribution in [2.75, 3.05) is 7.05 Å². The lowest BCUT2D eigenvalue weighted by atomic mass is 9.99. The van der Waals surface area contributed by atoms with E-state index in [0.29, 0.717) is 0 Å². The molecule has 0 amide bonds. The second-order valence-corrected chi connectivity index (χ2v) is 5.51. The highest BCUT2D eigenvalue weighted by molar-refractivity contribution is 5.76. The molecule has 0 aliphatic rings. The van der Waals surface area contributed by atoms with Gasteiger partial charge in [-0.15, -0.1) is 0 Å². The van der Waals surface area contributed by atoms with Crippen molar-refractivity contribution in [2.24, 2.45) is 7.05 Å². The molecule has 1 aromatic heterocycles. The summed E-state index contributed by atoms with van der Waals surface area (Å²) in [6, 6.07) is 17.1. The van der Waals surface area contributed by atoms with Gasteiger partial charge in [-0.3, -0.25) is 0 Å². The van der Waals surface area contributed by atoms with Crippen molar-refractivity contribution in [1.29, 1.82) is 0 Å². The Kier molecular flexibility index (Phi) is 3.76. The number of imidazole rings is 1. The molecule has 0 saturated heterocycles. The minimum Gasteiger partial charge on any atom is -0.331 e. The first-order valence-electron chi connectivity index (χ1n) is 7.35. The molecule has 0 aliphatic carbocycles. The zero-order valence-electron chi connectivity index (χ0n) is 12.8. The molecular formula is C18H21N3. The van der Waals surface area contributed by atoms with Crippen LogP contribution in [0.15, 0.2) is 48.5 Å². The van der Waals surface area contributed by atoms with Gasteiger partial charge in [-0.2, -0.15) is 0 Å². The van der Waals surface area contributed by atoms with Crippen molar-refractivity contribution >= 4 is 11.0 Å². The van der Waals surface area contributed by atoms with Crippen LogP contribution in [0.2, 0.25) is 0 Å². The van der Waals surface area contributed by atoms with Crippen LogP contribution < -0.4 is 5.32 Å². The Morgan fingerprint density at radius 1 is 1.10 bits per heavy atom. The van der Waals surface area contributed by atoms with E-state index in [4.69, 9.17) is 4.98 Å². The lowest BCUT2D eigenvalue weighted by Crippen LogP contribution is -2.07. The Hall–Kier alpha value is -2.13. The van der Waals surface area contributed by atoms with E-state index in [1.807, 2.05) is 13.1 Å². The summed E-state index contributed by atoms with van der Waals surface area (Å²) >= 11 is 0. The highest BCUT2D eigenvalue weighted by atomic mass is 15.1. The van der Waals surface area contributed by atoms with Gasteiger partial charge in [0.2, 0.25) is 0 Å². The van der Waals surface area contributed by atoms with Crippen LogP contribution in [0.5, 0.6) is 0 Å². The molecule has 3 rings (SSSR count). The van der Waals surface area contributed by atoms with Crippen LogP contribution in [0.25, 0.3) is 11.0 Å². The monoisotopic (exact) mass is 279 g/mol. The maximum absolute atomic E-state index is 4.80. The van der Waals surface area contributed by atoms with Gasteiger partial charge in [0, 0.05) is 19.5 Å². The molecule has 0 spiro atoms. The molecule has 0 radical (unpaired) electrons. The number of nitrogens with one attached hydrogen (secondary N) is 1. The van der Waals surface area contributed by atoms with Crippen molar-refractivity contribution in [1.82, 2.24) is 14.9 Å². The van der Waals surface area contributed by atoms with Crippen LogP contribution in [0.4, 0.5) is 0 Å². The van der Waals surface area contributed by atoms with Gasteiger partial charge < -0.3 is 9.88 Å². The number of fused-ring (bicyclic) bond motifs is 1. The zero-order chi connectivity index (χ0) is 14.8. The average Bonchev–Trinajstić information content (AvgIpc) is 2.85. The second-order valence-electron chi connectivity index (χ2n) is 5.51. The molecule has 2 aromatic carbocycles. The number of para-hydroxylation sites is 2. The summed E-state index contributed by atoms with van der Waals surface area (Å²) in [6.45, 7) is 3.12. The Morgan fingerprint density at radius 2 is 1.81 bits per heavy atom. The van der Waals surface area contributed by atoms with Crippen LogP contribution >= 0.6 is 0 Å². The summed E-state index contributed by atoms with van der Waals surface area (Å²) in [5.74, 6) is 1.39. The molecule has 0 bridgehead atoms. The van der Waals surface area contributed by atoms with Crippen molar-refractivity contribution in [3.05, 3.63) is 65.5 Å². The van der Waals surface area contributed by atoms with Crippen molar-refractivity contribution in [3.63, 3.8) is 0 Å². The summed E-state index contributed by atoms with van der Waals surface area (Å²) in [4.78, 5) is 4.80. The first kappa shape index (κ1) is 13.8. The van der Waals surface area contributed by atoms with E-state index in [2.05, 4.69) is 66.3 Å². The molecule has 3 heteroatoms. The van der Waals surface area contributed by atoms with Gasteiger partial charge in [-0.1, -0.05) is 43.3 Å². The highest BCUT2D eigenvalue weighted by Gasteiger charge is 2.15. The summed E-state index contributed by atoms with van der Waals surface area (Å²) in [5, 5.41) is 3.17. The fourth-order valence-corrected chi connectivity index (χ4v) is 2.83. The fraction of sp³-hybridized carbons (Fsp3) is 0.278. The predicted octanol–water partition coefficient (Wildman–Crippen LogP) is 3.44. The minimum atomic E-state index is 0.283. The molecule has 0 saturated carbocycles. The number of aromatic nitrogens is 2. The third-order valence-electron chi connectivity index (χ3n) is 4.07. The normalized spacial score (nSPS) is 12.7. The van der Waals surface area contributed by atoms with E-state index in [1.165, 1.54) is 16.6 Å². The minimum absolute atomic E-state index is 0.283. The molecule has 0 fully saturated rings. The highest BCUT2D eigenvalue weighted by Crippen LogP contribution is 2.26. The van der Waals surface area contributed by atoms with Crippen molar-refractivity contribution in [3.8, 4) is 0 Å². The smallest absolute Gasteiger partial charge is 0.116 e. The SMILES string of the molecule is CNCc1ccc(C(C)c2nc3ccccc3n2C)cc1. The molecule has 3 nitrogen and oxygen atoms in total. The molecule has 3 aromatic rings. The topological polar surface area (TPSA) is 29.9 Å². The van der Waals surface area contributed by atoms with E-state index in [1.54, 1.807) is 0 Å². The van der Waals surface area contributed by atoms with E-state index in [0.717, 1.165) is 17.9 Å². The third-order valence-corrected chi connectivity index (χ3v) is 4.07. The molecular weight excluding hydrogens is 258 g/mol. The number of hydrogen-bond acceptors (Lipinski definition) is 2. The first-order valence-corrected chi connectivity index (χ1v) is 7.35. The second kappa shape index (κ2) is 5.70. The maximum atomic E-state index is 4.80. The first-order chi connectivity index (χ1) is 10.2. The molecule has 1 unspecified atom stereocenters. The van der Waals surface area contributed by atoms with Gasteiger partial charge >= 0.3 is 0 Å². The van der Waals surface area contributed by atoms with Crippen LogP contribution in [0.3, 0.4) is 0 Å². The summed E-state index contributed by atoms with van der Waals surface area (Å²) in [5.41, 5.74) is 4.85. The molecule has 1 atom stereocenters. The van der Waals surface area contributed by atoms with Crippen LogP contribution in [-0.2, 0) is 13.6 Å². The molecule has 0 aliphatic heterocycles. The Labute approximate surface area is 125 Å². The largest absolute Gasteiger partial charge is 0.331 e. The summed E-state index contributed by atoms with van der Waals surface area (Å²) in [6.07, 6.45) is 0. The maximum Gasteiger partial charge on any atom is 0.116 e. The Balaban J connectivity index is 1.96. The number of aryl methyl sites for hydroxylation is 1. The van der Waals surface area contributed by atoms with Gasteiger partial charge in [0.15, 0.2) is 0 Å². The molecule has 1 N–H and O–H groups in total. The van der Waals surface area contributed by atoms with E-state index in [9.17, 15) is 0 Å². The van der Waals surface area contributed by atoms with Crippen molar-refractivity contribution < 1.29 is 0 Å². The zero-order valence-corrected chi connectivity index (χ0v) is 12.8. The Bertz CT molecular complexity index is 741. The van der Waals surface area contributed by atoms with Gasteiger partial charge in [0.1, 0.15) is 5.82 Å². The Morgan fingerprint density at radius 3 is 2.48 bits per heavy atom. The average molecular weight is 279 g/mol. The van der Waals surface area contributed by atoms with Gasteiger partial charge in [0.05, 0.1) is 11.0 Å². The number of benzene rings is 2. The molecule has 21 heavy (non-hydrogen) atoms. The van der Waals surface area contributed by atoms with Crippen LogP contribution in [0.1, 0.15) is 29.8 Å². The number of rotatable bonds is 4. The van der Waals surface area contributed by atoms with Gasteiger partial charge in [0.25, 0.3) is 0 Å². The molecule has 108 valence electrons. The third kappa shape index (κ3) is 2.57. The van der Waals surface area contributed by atoms with Crippen LogP contribution in [0, 0.1) is 0 Å². The van der Waals surface area contributed by atoms with Crippen LogP contribution in [-0.4, -0.2) is 16.6 Å². The fourth-order valence-electron chi connectivity index (χ4n) is 2.83. The number of nitrogens with zero attached hydrogens (tertiary/aromatic N) is 2. The standard InChI is InChI=1S/C18H21N3/c1-13(15-10-8-14(9-11-15)12-19-2)18-20-16-6-4-5-7-17(16)21(18)3/h4-11,13,19H,12H2,1-3H3. The predicted molar refractivity (Wildman–Crippen MR) is 87.4 cm³/mol. The lowest BCUT2D eigenvalue weighted by Gasteiger charge is -2.13. The number of hydrogen-bond donors (Lipinski definition) is 1. The summed E-state index contributed by atoms with van der Waals surface area (Å²) < 4.78 is 2.20. The lowest BCUT2D eigenvalue weighted by molar-refractivity contribution is 0.751. The van der Waals surface area contributed by atoms with E-state index >= 15 is 0 Å². The molecule has 1 heterocycles.